The first-order valence-electron chi connectivity index (χ1n) is 4.77. The van der Waals surface area contributed by atoms with Crippen LogP contribution < -0.4 is 11.1 Å². The lowest BCUT2D eigenvalue weighted by molar-refractivity contribution is -0.114. The van der Waals surface area contributed by atoms with E-state index in [0.717, 1.165) is 5.56 Å². The summed E-state index contributed by atoms with van der Waals surface area (Å²) in [5.41, 5.74) is 6.92. The van der Waals surface area contributed by atoms with Gasteiger partial charge in [-0.25, -0.2) is 4.79 Å². The van der Waals surface area contributed by atoms with Crippen molar-refractivity contribution in [2.24, 2.45) is 5.73 Å². The maximum Gasteiger partial charge on any atom is 0.338 e. The molecule has 0 atom stereocenters. The minimum absolute atomic E-state index is 0. The Morgan fingerprint density at radius 1 is 1.41 bits per heavy atom. The van der Waals surface area contributed by atoms with Crippen molar-refractivity contribution >= 4 is 30.0 Å². The summed E-state index contributed by atoms with van der Waals surface area (Å²) in [7, 11) is 1.31. The topological polar surface area (TPSA) is 81.4 Å². The van der Waals surface area contributed by atoms with Crippen molar-refractivity contribution in [3.05, 3.63) is 29.3 Å². The zero-order chi connectivity index (χ0) is 12.1. The van der Waals surface area contributed by atoms with E-state index in [2.05, 4.69) is 10.1 Å². The van der Waals surface area contributed by atoms with Crippen LogP contribution in [0.2, 0.25) is 0 Å². The molecule has 1 aromatic rings. The minimum Gasteiger partial charge on any atom is -0.465 e. The molecule has 0 heterocycles. The largest absolute Gasteiger partial charge is 0.465 e. The van der Waals surface area contributed by atoms with Gasteiger partial charge >= 0.3 is 5.97 Å². The number of nitrogens with two attached hydrogens (primary N) is 1. The summed E-state index contributed by atoms with van der Waals surface area (Å²) < 4.78 is 4.63. The number of anilines is 1. The molecule has 0 spiro atoms. The van der Waals surface area contributed by atoms with E-state index in [1.807, 2.05) is 0 Å². The second-order valence-electron chi connectivity index (χ2n) is 3.27. The van der Waals surface area contributed by atoms with E-state index in [9.17, 15) is 9.59 Å². The van der Waals surface area contributed by atoms with Gasteiger partial charge in [-0.1, -0.05) is 6.07 Å². The van der Waals surface area contributed by atoms with Crippen LogP contribution in [0.1, 0.15) is 15.9 Å². The van der Waals surface area contributed by atoms with Crippen LogP contribution >= 0.6 is 12.4 Å². The normalized spacial score (nSPS) is 9.12. The van der Waals surface area contributed by atoms with E-state index in [1.54, 1.807) is 25.1 Å². The fourth-order valence-electron chi connectivity index (χ4n) is 1.24. The maximum atomic E-state index is 11.4. The highest BCUT2D eigenvalue weighted by molar-refractivity contribution is 5.96. The Hall–Kier alpha value is -1.59. The Kier molecular flexibility index (Phi) is 6.23. The first-order chi connectivity index (χ1) is 7.58. The minimum atomic E-state index is -0.429. The monoisotopic (exact) mass is 258 g/mol. The average molecular weight is 259 g/mol. The van der Waals surface area contributed by atoms with E-state index in [-0.39, 0.29) is 24.9 Å². The zero-order valence-electron chi connectivity index (χ0n) is 9.65. The van der Waals surface area contributed by atoms with Crippen molar-refractivity contribution < 1.29 is 14.3 Å². The quantitative estimate of drug-likeness (QED) is 0.796. The average Bonchev–Trinajstić information content (AvgIpc) is 2.30. The van der Waals surface area contributed by atoms with Gasteiger partial charge in [0.05, 0.1) is 19.2 Å². The predicted molar refractivity (Wildman–Crippen MR) is 67.5 cm³/mol. The molecule has 0 aliphatic rings. The van der Waals surface area contributed by atoms with Crippen molar-refractivity contribution in [3.63, 3.8) is 0 Å². The van der Waals surface area contributed by atoms with Crippen molar-refractivity contribution in [3.8, 4) is 0 Å². The van der Waals surface area contributed by atoms with Crippen molar-refractivity contribution in [1.82, 2.24) is 0 Å². The molecule has 0 aliphatic carbocycles. The Labute approximate surface area is 106 Å². The number of rotatable bonds is 3. The number of methoxy groups -OCH3 is 1. The van der Waals surface area contributed by atoms with Gasteiger partial charge in [0, 0.05) is 5.69 Å². The molecule has 0 bridgehead atoms. The van der Waals surface area contributed by atoms with Gasteiger partial charge in [-0.3, -0.25) is 4.79 Å². The summed E-state index contributed by atoms with van der Waals surface area (Å²) in [5, 5.41) is 2.57. The van der Waals surface area contributed by atoms with Gasteiger partial charge in [0.25, 0.3) is 0 Å². The van der Waals surface area contributed by atoms with E-state index in [1.165, 1.54) is 7.11 Å². The second-order valence-corrected chi connectivity index (χ2v) is 3.27. The smallest absolute Gasteiger partial charge is 0.338 e. The van der Waals surface area contributed by atoms with Crippen LogP contribution in [0.15, 0.2) is 18.2 Å². The number of amides is 1. The first-order valence-corrected chi connectivity index (χ1v) is 4.77. The lowest BCUT2D eigenvalue weighted by Crippen LogP contribution is -2.22. The van der Waals surface area contributed by atoms with Gasteiger partial charge in [0.2, 0.25) is 5.91 Å². The lowest BCUT2D eigenvalue weighted by atomic mass is 10.1. The molecule has 5 nitrogen and oxygen atoms in total. The van der Waals surface area contributed by atoms with E-state index < -0.39 is 5.97 Å². The Morgan fingerprint density at radius 2 is 2.06 bits per heavy atom. The maximum absolute atomic E-state index is 11.4. The second kappa shape index (κ2) is 6.88. The number of carbonyl (C=O) groups is 2. The number of carbonyl (C=O) groups excluding carboxylic acids is 2. The predicted octanol–water partition coefficient (Wildman–Crippen LogP) is 1.10. The van der Waals surface area contributed by atoms with Crippen LogP contribution in [0.25, 0.3) is 0 Å². The van der Waals surface area contributed by atoms with E-state index in [0.29, 0.717) is 11.3 Å². The summed E-state index contributed by atoms with van der Waals surface area (Å²) in [5.74, 6) is -0.735. The Balaban J connectivity index is 0.00000256. The number of halogens is 1. The fraction of sp³-hybridized carbons (Fsp3) is 0.273. The molecule has 0 radical (unpaired) electrons. The molecule has 0 aliphatic heterocycles. The zero-order valence-corrected chi connectivity index (χ0v) is 10.5. The number of nitrogens with one attached hydrogen (secondary N) is 1. The fourth-order valence-corrected chi connectivity index (χ4v) is 1.24. The van der Waals surface area contributed by atoms with Crippen molar-refractivity contribution in [2.75, 3.05) is 19.0 Å². The number of hydrogen-bond acceptors (Lipinski definition) is 4. The molecule has 94 valence electrons. The van der Waals surface area contributed by atoms with Gasteiger partial charge in [0.15, 0.2) is 0 Å². The number of benzene rings is 1. The highest BCUT2D eigenvalue weighted by atomic mass is 35.5. The summed E-state index contributed by atoms with van der Waals surface area (Å²) in [6.07, 6.45) is 0. The summed E-state index contributed by atoms with van der Waals surface area (Å²) in [6, 6.07) is 5.00. The van der Waals surface area contributed by atoms with Crippen LogP contribution in [0.3, 0.4) is 0 Å². The number of hydrogen-bond donors (Lipinski definition) is 2. The molecule has 3 N–H and O–H groups in total. The molecule has 1 rings (SSSR count). The molecular weight excluding hydrogens is 244 g/mol. The molecule has 1 amide bonds. The summed E-state index contributed by atoms with van der Waals surface area (Å²) in [4.78, 5) is 22.4. The summed E-state index contributed by atoms with van der Waals surface area (Å²) in [6.45, 7) is 1.70. The van der Waals surface area contributed by atoms with Crippen molar-refractivity contribution in [2.45, 2.75) is 6.92 Å². The molecule has 6 heteroatoms. The van der Waals surface area contributed by atoms with Crippen LogP contribution in [-0.4, -0.2) is 25.5 Å². The third-order valence-corrected chi connectivity index (χ3v) is 2.11. The first kappa shape index (κ1) is 15.4. The molecular formula is C11H15ClN2O3. The SMILES string of the molecule is COC(=O)c1cc(NC(=O)CN)ccc1C.Cl. The molecule has 0 saturated carbocycles. The molecule has 0 aromatic heterocycles. The van der Waals surface area contributed by atoms with Crippen LogP contribution in [0.5, 0.6) is 0 Å². The number of ether oxygens (including phenoxy) is 1. The Bertz CT molecular complexity index is 421. The molecule has 0 saturated heterocycles. The standard InChI is InChI=1S/C11H14N2O3.ClH/c1-7-3-4-8(13-10(14)6-12)5-9(7)11(15)16-2;/h3-5H,6,12H2,1-2H3,(H,13,14);1H. The highest BCUT2D eigenvalue weighted by Crippen LogP contribution is 2.16. The van der Waals surface area contributed by atoms with Crippen LogP contribution in [0.4, 0.5) is 5.69 Å². The van der Waals surface area contributed by atoms with E-state index >= 15 is 0 Å². The molecule has 17 heavy (non-hydrogen) atoms. The third kappa shape index (κ3) is 4.05. The van der Waals surface area contributed by atoms with Gasteiger partial charge in [-0.15, -0.1) is 12.4 Å². The van der Waals surface area contributed by atoms with E-state index in [4.69, 9.17) is 5.73 Å². The van der Waals surface area contributed by atoms with Gasteiger partial charge in [0.1, 0.15) is 0 Å². The third-order valence-electron chi connectivity index (χ3n) is 2.11. The number of aryl methyl sites for hydroxylation is 1. The van der Waals surface area contributed by atoms with Gasteiger partial charge in [-0.2, -0.15) is 0 Å². The van der Waals surface area contributed by atoms with Crippen LogP contribution in [0, 0.1) is 6.92 Å². The molecule has 1 aromatic carbocycles. The van der Waals surface area contributed by atoms with Crippen LogP contribution in [-0.2, 0) is 9.53 Å². The highest BCUT2D eigenvalue weighted by Gasteiger charge is 2.10. The van der Waals surface area contributed by atoms with Crippen molar-refractivity contribution in [1.29, 1.82) is 0 Å². The molecule has 0 unspecified atom stereocenters. The Morgan fingerprint density at radius 3 is 2.59 bits per heavy atom. The van der Waals surface area contributed by atoms with Gasteiger partial charge in [-0.05, 0) is 24.6 Å². The lowest BCUT2D eigenvalue weighted by Gasteiger charge is -2.08. The molecule has 0 fully saturated rings. The van der Waals surface area contributed by atoms with Gasteiger partial charge < -0.3 is 15.8 Å². The number of esters is 1. The summed E-state index contributed by atoms with van der Waals surface area (Å²) >= 11 is 0.